The van der Waals surface area contributed by atoms with E-state index in [-0.39, 0.29) is 12.1 Å². The van der Waals surface area contributed by atoms with Gasteiger partial charge in [-0.15, -0.1) is 0 Å². The van der Waals surface area contributed by atoms with Crippen LogP contribution in [0.3, 0.4) is 0 Å². The molecule has 0 aromatic heterocycles. The number of nitrogens with one attached hydrogen (secondary N) is 1. The van der Waals surface area contributed by atoms with Crippen LogP contribution in [-0.4, -0.2) is 58.7 Å². The van der Waals surface area contributed by atoms with Gasteiger partial charge in [0, 0.05) is 18.7 Å². The minimum absolute atomic E-state index is 0.0672. The van der Waals surface area contributed by atoms with Crippen LogP contribution in [-0.2, 0) is 4.74 Å². The van der Waals surface area contributed by atoms with E-state index >= 15 is 0 Å². The number of aliphatic hydroxyl groups is 2. The molecule has 1 aliphatic rings. The molecule has 0 saturated carbocycles. The van der Waals surface area contributed by atoms with Crippen LogP contribution in [0.4, 0.5) is 0 Å². The van der Waals surface area contributed by atoms with Gasteiger partial charge in [0.25, 0.3) is 5.91 Å². The molecule has 1 aromatic rings. The second-order valence-electron chi connectivity index (χ2n) is 4.85. The van der Waals surface area contributed by atoms with Crippen molar-refractivity contribution in [3.05, 3.63) is 35.4 Å². The fourth-order valence-electron chi connectivity index (χ4n) is 2.10. The van der Waals surface area contributed by atoms with Gasteiger partial charge in [0.05, 0.1) is 11.7 Å². The van der Waals surface area contributed by atoms with Crippen molar-refractivity contribution in [2.75, 3.05) is 13.2 Å². The van der Waals surface area contributed by atoms with Gasteiger partial charge in [-0.25, -0.2) is 4.79 Å². The molecule has 0 radical (unpaired) electrons. The summed E-state index contributed by atoms with van der Waals surface area (Å²) < 4.78 is 5.30. The molecule has 2 rings (SSSR count). The Kier molecular flexibility index (Phi) is 4.89. The van der Waals surface area contributed by atoms with Crippen molar-refractivity contribution < 1.29 is 29.6 Å². The summed E-state index contributed by atoms with van der Waals surface area (Å²) >= 11 is 0. The molecule has 1 heterocycles. The number of carboxylic acid groups (broad SMARTS) is 1. The SMILES string of the molecule is O=C(O)c1ccc(C(=O)NCC2OCCC(O)C2O)cc1. The first-order valence-electron chi connectivity index (χ1n) is 6.58. The smallest absolute Gasteiger partial charge is 0.335 e. The molecule has 3 atom stereocenters. The van der Waals surface area contributed by atoms with Crippen molar-refractivity contribution in [2.24, 2.45) is 0 Å². The summed E-state index contributed by atoms with van der Waals surface area (Å²) in [4.78, 5) is 22.6. The number of carbonyl (C=O) groups excluding carboxylic acids is 1. The summed E-state index contributed by atoms with van der Waals surface area (Å²) in [7, 11) is 0. The molecular formula is C14H17NO6. The number of carboxylic acids is 1. The monoisotopic (exact) mass is 295 g/mol. The van der Waals surface area contributed by atoms with E-state index in [4.69, 9.17) is 9.84 Å². The van der Waals surface area contributed by atoms with Crippen LogP contribution in [0.15, 0.2) is 24.3 Å². The maximum absolute atomic E-state index is 11.9. The van der Waals surface area contributed by atoms with Crippen LogP contribution in [0, 0.1) is 0 Å². The lowest BCUT2D eigenvalue weighted by molar-refractivity contribution is -0.132. The zero-order valence-electron chi connectivity index (χ0n) is 11.2. The summed E-state index contributed by atoms with van der Waals surface area (Å²) in [5, 5.41) is 30.6. The predicted molar refractivity (Wildman–Crippen MR) is 72.1 cm³/mol. The average Bonchev–Trinajstić information content (AvgIpc) is 2.48. The Hall–Kier alpha value is -1.96. The minimum Gasteiger partial charge on any atom is -0.478 e. The van der Waals surface area contributed by atoms with E-state index in [0.717, 1.165) is 0 Å². The molecular weight excluding hydrogens is 278 g/mol. The number of benzene rings is 1. The average molecular weight is 295 g/mol. The Balaban J connectivity index is 1.91. The van der Waals surface area contributed by atoms with Crippen molar-refractivity contribution >= 4 is 11.9 Å². The summed E-state index contributed by atoms with van der Waals surface area (Å²) in [6, 6.07) is 5.50. The van der Waals surface area contributed by atoms with E-state index in [9.17, 15) is 19.8 Å². The highest BCUT2D eigenvalue weighted by Gasteiger charge is 2.31. The quantitative estimate of drug-likeness (QED) is 0.602. The van der Waals surface area contributed by atoms with Gasteiger partial charge in [0.2, 0.25) is 0 Å². The summed E-state index contributed by atoms with van der Waals surface area (Å²) in [5.41, 5.74) is 0.409. The molecule has 1 aliphatic heterocycles. The van der Waals surface area contributed by atoms with Crippen LogP contribution in [0.25, 0.3) is 0 Å². The second kappa shape index (κ2) is 6.66. The van der Waals surface area contributed by atoms with Gasteiger partial charge >= 0.3 is 5.97 Å². The van der Waals surface area contributed by atoms with E-state index < -0.39 is 30.2 Å². The molecule has 114 valence electrons. The van der Waals surface area contributed by atoms with E-state index in [2.05, 4.69) is 5.32 Å². The molecule has 1 aromatic carbocycles. The normalized spacial score (nSPS) is 25.3. The topological polar surface area (TPSA) is 116 Å². The van der Waals surface area contributed by atoms with Gasteiger partial charge in [-0.2, -0.15) is 0 Å². The van der Waals surface area contributed by atoms with Gasteiger partial charge in [-0.1, -0.05) is 0 Å². The number of aromatic carboxylic acids is 1. The zero-order valence-corrected chi connectivity index (χ0v) is 11.2. The predicted octanol–water partition coefficient (Wildman–Crippen LogP) is -0.375. The molecule has 1 amide bonds. The first kappa shape index (κ1) is 15.4. The number of amides is 1. The van der Waals surface area contributed by atoms with Crippen molar-refractivity contribution in [1.29, 1.82) is 0 Å². The Morgan fingerprint density at radius 1 is 1.19 bits per heavy atom. The Morgan fingerprint density at radius 2 is 1.81 bits per heavy atom. The number of aliphatic hydroxyl groups excluding tert-OH is 2. The molecule has 4 N–H and O–H groups in total. The lowest BCUT2D eigenvalue weighted by Crippen LogP contribution is -2.49. The van der Waals surface area contributed by atoms with Crippen LogP contribution in [0.2, 0.25) is 0 Å². The highest BCUT2D eigenvalue weighted by molar-refractivity contribution is 5.95. The van der Waals surface area contributed by atoms with Crippen molar-refractivity contribution in [1.82, 2.24) is 5.32 Å². The Bertz CT molecular complexity index is 515. The summed E-state index contributed by atoms with van der Waals surface area (Å²) in [6.45, 7) is 0.393. The third-order valence-electron chi connectivity index (χ3n) is 3.38. The van der Waals surface area contributed by atoms with E-state index in [1.54, 1.807) is 0 Å². The lowest BCUT2D eigenvalue weighted by Gasteiger charge is -2.32. The maximum Gasteiger partial charge on any atom is 0.335 e. The number of rotatable bonds is 4. The number of hydrogen-bond donors (Lipinski definition) is 4. The van der Waals surface area contributed by atoms with Crippen LogP contribution in [0.5, 0.6) is 0 Å². The van der Waals surface area contributed by atoms with E-state index in [1.165, 1.54) is 24.3 Å². The largest absolute Gasteiger partial charge is 0.478 e. The fourth-order valence-corrected chi connectivity index (χ4v) is 2.10. The van der Waals surface area contributed by atoms with Gasteiger partial charge in [0.15, 0.2) is 0 Å². The fraction of sp³-hybridized carbons (Fsp3) is 0.429. The van der Waals surface area contributed by atoms with Gasteiger partial charge < -0.3 is 25.4 Å². The lowest BCUT2D eigenvalue weighted by atomic mass is 10.0. The highest BCUT2D eigenvalue weighted by Crippen LogP contribution is 2.14. The Morgan fingerprint density at radius 3 is 2.43 bits per heavy atom. The molecule has 7 nitrogen and oxygen atoms in total. The zero-order chi connectivity index (χ0) is 15.4. The molecule has 0 aliphatic carbocycles. The van der Waals surface area contributed by atoms with Gasteiger partial charge in [-0.05, 0) is 30.7 Å². The standard InChI is InChI=1S/C14H17NO6/c16-10-5-6-21-11(12(10)17)7-15-13(18)8-1-3-9(4-2-8)14(19)20/h1-4,10-12,16-17H,5-7H2,(H,15,18)(H,19,20). The first-order chi connectivity index (χ1) is 9.99. The molecule has 1 saturated heterocycles. The number of carbonyl (C=O) groups is 2. The van der Waals surface area contributed by atoms with Crippen LogP contribution in [0.1, 0.15) is 27.1 Å². The van der Waals surface area contributed by atoms with Gasteiger partial charge in [0.1, 0.15) is 12.2 Å². The molecule has 0 spiro atoms. The van der Waals surface area contributed by atoms with Crippen LogP contribution >= 0.6 is 0 Å². The summed E-state index contributed by atoms with van der Waals surface area (Å²) in [6.07, 6.45) is -2.18. The van der Waals surface area contributed by atoms with Crippen LogP contribution < -0.4 is 5.32 Å². The minimum atomic E-state index is -1.06. The van der Waals surface area contributed by atoms with E-state index in [0.29, 0.717) is 18.6 Å². The van der Waals surface area contributed by atoms with Gasteiger partial charge in [-0.3, -0.25) is 4.79 Å². The first-order valence-corrected chi connectivity index (χ1v) is 6.58. The third-order valence-corrected chi connectivity index (χ3v) is 3.38. The molecule has 7 heteroatoms. The third kappa shape index (κ3) is 3.78. The number of hydrogen-bond acceptors (Lipinski definition) is 5. The Labute approximate surface area is 121 Å². The highest BCUT2D eigenvalue weighted by atomic mass is 16.5. The molecule has 21 heavy (non-hydrogen) atoms. The molecule has 0 bridgehead atoms. The van der Waals surface area contributed by atoms with Crippen molar-refractivity contribution in [3.8, 4) is 0 Å². The van der Waals surface area contributed by atoms with E-state index in [1.807, 2.05) is 0 Å². The van der Waals surface area contributed by atoms with Crippen molar-refractivity contribution in [3.63, 3.8) is 0 Å². The molecule has 1 fully saturated rings. The molecule has 3 unspecified atom stereocenters. The second-order valence-corrected chi connectivity index (χ2v) is 4.85. The van der Waals surface area contributed by atoms with Crippen molar-refractivity contribution in [2.45, 2.75) is 24.7 Å². The maximum atomic E-state index is 11.9. The number of ether oxygens (including phenoxy) is 1. The summed E-state index contributed by atoms with van der Waals surface area (Å²) in [5.74, 6) is -1.46.